The lowest BCUT2D eigenvalue weighted by Gasteiger charge is -2.43. The lowest BCUT2D eigenvalue weighted by atomic mass is 9.80. The van der Waals surface area contributed by atoms with Gasteiger partial charge in [-0.1, -0.05) is 60.7 Å². The molecule has 1 atom stereocenters. The lowest BCUT2D eigenvalue weighted by Crippen LogP contribution is -2.55. The van der Waals surface area contributed by atoms with Crippen molar-refractivity contribution >= 4 is 17.4 Å². The summed E-state index contributed by atoms with van der Waals surface area (Å²) in [4.78, 5) is 26.9. The number of hydrogen-bond donors (Lipinski definition) is 0. The third-order valence-corrected chi connectivity index (χ3v) is 4.65. The Morgan fingerprint density at radius 3 is 2.16 bits per heavy atom. The minimum atomic E-state index is -1.24. The summed E-state index contributed by atoms with van der Waals surface area (Å²) < 4.78 is 5.13. The fraction of sp³-hybridized carbons (Fsp3) is 0.238. The van der Waals surface area contributed by atoms with Crippen LogP contribution in [0.15, 0.2) is 66.7 Å². The van der Waals surface area contributed by atoms with E-state index < -0.39 is 11.5 Å². The SMILES string of the molecule is COC(=O)C1(c2ccccc2)C=C(c2ccccc2)CCN1C(C)=O. The van der Waals surface area contributed by atoms with Crippen LogP contribution in [0.3, 0.4) is 0 Å². The first-order valence-electron chi connectivity index (χ1n) is 8.29. The number of methoxy groups -OCH3 is 1. The Labute approximate surface area is 147 Å². The van der Waals surface area contributed by atoms with Crippen molar-refractivity contribution in [1.82, 2.24) is 4.90 Å². The van der Waals surface area contributed by atoms with E-state index in [1.165, 1.54) is 14.0 Å². The number of carbonyl (C=O) groups excluding carboxylic acids is 2. The second-order valence-corrected chi connectivity index (χ2v) is 6.08. The first kappa shape index (κ1) is 17.0. The Hall–Kier alpha value is -2.88. The Bertz CT molecular complexity index is 798. The molecule has 1 aliphatic rings. The van der Waals surface area contributed by atoms with Crippen LogP contribution in [-0.2, 0) is 19.9 Å². The zero-order valence-electron chi connectivity index (χ0n) is 14.4. The van der Waals surface area contributed by atoms with Crippen molar-refractivity contribution in [2.24, 2.45) is 0 Å². The van der Waals surface area contributed by atoms with Crippen LogP contribution in [0.1, 0.15) is 24.5 Å². The van der Waals surface area contributed by atoms with Crippen molar-refractivity contribution in [3.63, 3.8) is 0 Å². The van der Waals surface area contributed by atoms with Gasteiger partial charge in [0.1, 0.15) is 0 Å². The molecule has 0 fully saturated rings. The van der Waals surface area contributed by atoms with Crippen molar-refractivity contribution in [3.05, 3.63) is 77.9 Å². The predicted octanol–water partition coefficient (Wildman–Crippen LogP) is 3.39. The number of esters is 1. The molecular weight excluding hydrogens is 314 g/mol. The molecule has 0 saturated carbocycles. The summed E-state index contributed by atoms with van der Waals surface area (Å²) >= 11 is 0. The molecule has 1 heterocycles. The van der Waals surface area contributed by atoms with Crippen LogP contribution in [0.25, 0.3) is 5.57 Å². The van der Waals surface area contributed by atoms with Gasteiger partial charge in [-0.05, 0) is 29.2 Å². The van der Waals surface area contributed by atoms with E-state index in [1.807, 2.05) is 66.7 Å². The third kappa shape index (κ3) is 2.95. The van der Waals surface area contributed by atoms with E-state index >= 15 is 0 Å². The van der Waals surface area contributed by atoms with Crippen LogP contribution in [0.4, 0.5) is 0 Å². The molecule has 1 aliphatic heterocycles. The van der Waals surface area contributed by atoms with E-state index in [4.69, 9.17) is 4.74 Å². The minimum Gasteiger partial charge on any atom is -0.467 e. The predicted molar refractivity (Wildman–Crippen MR) is 96.6 cm³/mol. The highest BCUT2D eigenvalue weighted by Gasteiger charge is 2.48. The molecular formula is C21H21NO3. The molecule has 2 aromatic carbocycles. The number of carbonyl (C=O) groups is 2. The maximum absolute atomic E-state index is 12.9. The molecule has 0 N–H and O–H groups in total. The summed E-state index contributed by atoms with van der Waals surface area (Å²) in [6.45, 7) is 1.95. The van der Waals surface area contributed by atoms with Crippen LogP contribution < -0.4 is 0 Å². The minimum absolute atomic E-state index is 0.155. The van der Waals surface area contributed by atoms with Gasteiger partial charge >= 0.3 is 5.97 Å². The van der Waals surface area contributed by atoms with Crippen molar-refractivity contribution < 1.29 is 14.3 Å². The summed E-state index contributed by atoms with van der Waals surface area (Å²) in [5.74, 6) is -0.611. The van der Waals surface area contributed by atoms with Gasteiger partial charge in [-0.3, -0.25) is 4.79 Å². The van der Waals surface area contributed by atoms with E-state index in [9.17, 15) is 9.59 Å². The number of ether oxygens (including phenoxy) is 1. The van der Waals surface area contributed by atoms with Gasteiger partial charge in [0.2, 0.25) is 5.91 Å². The monoisotopic (exact) mass is 335 g/mol. The average molecular weight is 335 g/mol. The zero-order chi connectivity index (χ0) is 17.9. The number of hydrogen-bond acceptors (Lipinski definition) is 3. The lowest BCUT2D eigenvalue weighted by molar-refractivity contribution is -0.159. The molecule has 3 rings (SSSR count). The van der Waals surface area contributed by atoms with Crippen molar-refractivity contribution in [2.45, 2.75) is 18.9 Å². The topological polar surface area (TPSA) is 46.6 Å². The van der Waals surface area contributed by atoms with Crippen molar-refractivity contribution in [2.75, 3.05) is 13.7 Å². The van der Waals surface area contributed by atoms with Crippen molar-refractivity contribution in [3.8, 4) is 0 Å². The first-order valence-corrected chi connectivity index (χ1v) is 8.29. The van der Waals surface area contributed by atoms with Gasteiger partial charge in [0.25, 0.3) is 0 Å². The van der Waals surface area contributed by atoms with E-state index in [0.717, 1.165) is 16.7 Å². The van der Waals surface area contributed by atoms with Gasteiger partial charge in [-0.2, -0.15) is 0 Å². The van der Waals surface area contributed by atoms with Crippen LogP contribution in [0, 0.1) is 0 Å². The molecule has 1 unspecified atom stereocenters. The van der Waals surface area contributed by atoms with Crippen LogP contribution in [-0.4, -0.2) is 30.4 Å². The van der Waals surface area contributed by atoms with Crippen molar-refractivity contribution in [1.29, 1.82) is 0 Å². The Morgan fingerprint density at radius 2 is 1.60 bits per heavy atom. The molecule has 0 aromatic heterocycles. The number of nitrogens with zero attached hydrogens (tertiary/aromatic N) is 1. The van der Waals surface area contributed by atoms with E-state index in [-0.39, 0.29) is 5.91 Å². The molecule has 2 aromatic rings. The smallest absolute Gasteiger partial charge is 0.340 e. The normalized spacial score (nSPS) is 19.9. The summed E-state index contributed by atoms with van der Waals surface area (Å²) in [6, 6.07) is 19.3. The highest BCUT2D eigenvalue weighted by molar-refractivity contribution is 5.93. The van der Waals surface area contributed by atoms with E-state index in [1.54, 1.807) is 4.90 Å². The van der Waals surface area contributed by atoms with Crippen LogP contribution in [0.5, 0.6) is 0 Å². The Morgan fingerprint density at radius 1 is 1.00 bits per heavy atom. The van der Waals surface area contributed by atoms with Gasteiger partial charge in [-0.25, -0.2) is 4.79 Å². The van der Waals surface area contributed by atoms with Gasteiger partial charge in [0.05, 0.1) is 7.11 Å². The molecule has 4 nitrogen and oxygen atoms in total. The van der Waals surface area contributed by atoms with Gasteiger partial charge < -0.3 is 9.64 Å². The Kier molecular flexibility index (Phi) is 4.70. The number of amides is 1. The summed E-state index contributed by atoms with van der Waals surface area (Å²) in [6.07, 6.45) is 2.57. The number of benzene rings is 2. The molecule has 0 aliphatic carbocycles. The largest absolute Gasteiger partial charge is 0.467 e. The summed E-state index contributed by atoms with van der Waals surface area (Å²) in [7, 11) is 1.36. The molecule has 0 saturated heterocycles. The highest BCUT2D eigenvalue weighted by atomic mass is 16.5. The second kappa shape index (κ2) is 6.93. The molecule has 4 heteroatoms. The molecule has 128 valence electrons. The van der Waals surface area contributed by atoms with Crippen LogP contribution in [0.2, 0.25) is 0 Å². The maximum atomic E-state index is 12.9. The molecule has 1 amide bonds. The quantitative estimate of drug-likeness (QED) is 0.808. The fourth-order valence-corrected chi connectivity index (χ4v) is 3.47. The van der Waals surface area contributed by atoms with E-state index in [2.05, 4.69) is 0 Å². The first-order chi connectivity index (χ1) is 12.1. The van der Waals surface area contributed by atoms with Gasteiger partial charge in [0, 0.05) is 13.5 Å². The highest BCUT2D eigenvalue weighted by Crippen LogP contribution is 2.40. The van der Waals surface area contributed by atoms with E-state index in [0.29, 0.717) is 13.0 Å². The third-order valence-electron chi connectivity index (χ3n) is 4.65. The molecule has 0 spiro atoms. The van der Waals surface area contributed by atoms with Crippen LogP contribution >= 0.6 is 0 Å². The molecule has 0 bridgehead atoms. The second-order valence-electron chi connectivity index (χ2n) is 6.08. The summed E-state index contributed by atoms with van der Waals surface area (Å²) in [5, 5.41) is 0. The maximum Gasteiger partial charge on any atom is 0.340 e. The van der Waals surface area contributed by atoms with Gasteiger partial charge in [0.15, 0.2) is 5.54 Å². The van der Waals surface area contributed by atoms with Gasteiger partial charge in [-0.15, -0.1) is 0 Å². The summed E-state index contributed by atoms with van der Waals surface area (Å²) in [5.41, 5.74) is 1.57. The molecule has 0 radical (unpaired) electrons. The zero-order valence-corrected chi connectivity index (χ0v) is 14.4. The standard InChI is InChI=1S/C21H21NO3/c1-16(23)22-14-13-18(17-9-5-3-6-10-17)15-21(22,20(24)25-2)19-11-7-4-8-12-19/h3-12,15H,13-14H2,1-2H3. The number of rotatable bonds is 3. The molecule has 25 heavy (non-hydrogen) atoms. The average Bonchev–Trinajstić information content (AvgIpc) is 2.68. The Balaban J connectivity index is 2.25. The fourth-order valence-electron chi connectivity index (χ4n) is 3.47.